The fourth-order valence-electron chi connectivity index (χ4n) is 1.95. The molecule has 2 aromatic rings. The van der Waals surface area contributed by atoms with Crippen molar-refractivity contribution >= 4 is 47.5 Å². The Balaban J connectivity index is 2.63. The Kier molecular flexibility index (Phi) is 3.97. The fraction of sp³-hybridized carbons (Fsp3) is 0.250. The van der Waals surface area contributed by atoms with Crippen LogP contribution in [0.3, 0.4) is 0 Å². The third kappa shape index (κ3) is 2.86. The van der Waals surface area contributed by atoms with Crippen molar-refractivity contribution in [1.29, 1.82) is 0 Å². The predicted molar refractivity (Wildman–Crippen MR) is 94.0 cm³/mol. The molecule has 2 heteroatoms. The predicted octanol–water partition coefficient (Wildman–Crippen LogP) is 5.80. The van der Waals surface area contributed by atoms with Crippen LogP contribution < -0.4 is 0 Å². The molecule has 0 atom stereocenters. The average Bonchev–Trinajstić information content (AvgIpc) is 2.32. The summed E-state index contributed by atoms with van der Waals surface area (Å²) in [4.78, 5) is 0. The first kappa shape index (κ1) is 13.8. The number of aryl methyl sites for hydroxylation is 1. The highest BCUT2D eigenvalue weighted by molar-refractivity contribution is 14.1. The molecule has 0 nitrogen and oxygen atoms in total. The number of rotatable bonds is 2. The lowest BCUT2D eigenvalue weighted by atomic mass is 10.0. The molecule has 0 aliphatic carbocycles. The second-order valence-corrected chi connectivity index (χ2v) is 13.0. The summed E-state index contributed by atoms with van der Waals surface area (Å²) >= 11 is 2.52. The monoisotopic (exact) mass is 366 g/mol. The van der Waals surface area contributed by atoms with Crippen molar-refractivity contribution in [3.05, 3.63) is 50.7 Å². The van der Waals surface area contributed by atoms with Crippen LogP contribution in [0.25, 0.3) is 16.8 Å². The minimum atomic E-state index is -1.20. The summed E-state index contributed by atoms with van der Waals surface area (Å²) in [6, 6.07) is 13.2. The van der Waals surface area contributed by atoms with Gasteiger partial charge in [-0.15, -0.1) is 0 Å². The van der Waals surface area contributed by atoms with Gasteiger partial charge in [0, 0.05) is 0 Å². The highest BCUT2D eigenvalue weighted by Crippen LogP contribution is 2.28. The Bertz CT molecular complexity index is 606. The molecular formula is C16H19ISi. The van der Waals surface area contributed by atoms with Gasteiger partial charge in [-0.25, -0.2) is 0 Å². The van der Waals surface area contributed by atoms with Crippen molar-refractivity contribution in [3.8, 4) is 0 Å². The van der Waals surface area contributed by atoms with E-state index in [1.807, 2.05) is 0 Å². The van der Waals surface area contributed by atoms with Crippen molar-refractivity contribution in [3.63, 3.8) is 0 Å². The van der Waals surface area contributed by atoms with E-state index in [-0.39, 0.29) is 0 Å². The van der Waals surface area contributed by atoms with E-state index in [2.05, 4.69) is 91.6 Å². The Morgan fingerprint density at radius 2 is 1.61 bits per heavy atom. The summed E-state index contributed by atoms with van der Waals surface area (Å²) in [6.07, 6.45) is 2.37. The quantitative estimate of drug-likeness (QED) is 0.465. The van der Waals surface area contributed by atoms with Gasteiger partial charge in [0.05, 0.1) is 8.07 Å². The van der Waals surface area contributed by atoms with Crippen LogP contribution in [0.2, 0.25) is 19.6 Å². The molecule has 0 saturated carbocycles. The lowest BCUT2D eigenvalue weighted by Crippen LogP contribution is -2.19. The Morgan fingerprint density at radius 3 is 2.22 bits per heavy atom. The maximum atomic E-state index is 2.52. The molecule has 2 rings (SSSR count). The summed E-state index contributed by atoms with van der Waals surface area (Å²) in [5.74, 6) is 0. The Morgan fingerprint density at radius 1 is 1.00 bits per heavy atom. The van der Waals surface area contributed by atoms with Gasteiger partial charge in [-0.3, -0.25) is 0 Å². The van der Waals surface area contributed by atoms with Crippen molar-refractivity contribution in [2.45, 2.75) is 26.6 Å². The van der Waals surface area contributed by atoms with Crippen molar-refractivity contribution in [2.24, 2.45) is 0 Å². The smallest absolute Gasteiger partial charge is 0.0652 e. The summed E-state index contributed by atoms with van der Waals surface area (Å²) in [5.41, 5.74) is 2.70. The zero-order chi connectivity index (χ0) is 13.3. The minimum Gasteiger partial charge on any atom is -0.0652 e. The highest BCUT2D eigenvalue weighted by atomic mass is 127. The van der Waals surface area contributed by atoms with E-state index in [9.17, 15) is 0 Å². The largest absolute Gasteiger partial charge is 0.0854 e. The SMILES string of the molecule is Cc1ccc(/C=C(\I)[Si](C)(C)C)c2ccccc12. The van der Waals surface area contributed by atoms with Crippen molar-refractivity contribution in [2.75, 3.05) is 0 Å². The van der Waals surface area contributed by atoms with Crippen LogP contribution in [0.5, 0.6) is 0 Å². The molecule has 0 amide bonds. The topological polar surface area (TPSA) is 0 Å². The van der Waals surface area contributed by atoms with Gasteiger partial charge >= 0.3 is 0 Å². The fourth-order valence-corrected chi connectivity index (χ4v) is 2.88. The summed E-state index contributed by atoms with van der Waals surface area (Å²) in [5, 5.41) is 2.73. The number of hydrogen-bond acceptors (Lipinski definition) is 0. The summed E-state index contributed by atoms with van der Waals surface area (Å²) in [7, 11) is -1.20. The van der Waals surface area contributed by atoms with Gasteiger partial charge in [-0.2, -0.15) is 0 Å². The van der Waals surface area contributed by atoms with Crippen LogP contribution in [-0.4, -0.2) is 8.07 Å². The zero-order valence-corrected chi connectivity index (χ0v) is 14.6. The number of hydrogen-bond donors (Lipinski definition) is 0. The molecule has 0 N–H and O–H groups in total. The van der Waals surface area contributed by atoms with Crippen LogP contribution in [0.15, 0.2) is 39.6 Å². The molecule has 18 heavy (non-hydrogen) atoms. The van der Waals surface area contributed by atoms with Gasteiger partial charge in [-0.05, 0) is 38.1 Å². The second-order valence-electron chi connectivity index (χ2n) is 5.76. The summed E-state index contributed by atoms with van der Waals surface area (Å²) < 4.78 is 1.52. The van der Waals surface area contributed by atoms with Gasteiger partial charge in [0.15, 0.2) is 0 Å². The summed E-state index contributed by atoms with van der Waals surface area (Å²) in [6.45, 7) is 9.35. The van der Waals surface area contributed by atoms with Crippen LogP contribution in [0.1, 0.15) is 11.1 Å². The van der Waals surface area contributed by atoms with Gasteiger partial charge in [0.2, 0.25) is 0 Å². The third-order valence-electron chi connectivity index (χ3n) is 3.17. The Labute approximate surface area is 124 Å². The minimum absolute atomic E-state index is 1.20. The van der Waals surface area contributed by atoms with E-state index in [4.69, 9.17) is 0 Å². The maximum Gasteiger partial charge on any atom is 0.0854 e. The first-order chi connectivity index (χ1) is 8.39. The molecule has 2 aromatic carbocycles. The standard InChI is InChI=1S/C16H19ISi/c1-12-9-10-13(11-16(17)18(2,3)4)15-8-6-5-7-14(12)15/h5-11H,1-4H3/b16-11+. The lowest BCUT2D eigenvalue weighted by Gasteiger charge is -2.16. The molecule has 0 bridgehead atoms. The van der Waals surface area contributed by atoms with E-state index in [0.717, 1.165) is 0 Å². The van der Waals surface area contributed by atoms with Crippen molar-refractivity contribution < 1.29 is 0 Å². The first-order valence-electron chi connectivity index (χ1n) is 6.25. The third-order valence-corrected chi connectivity index (χ3v) is 9.92. The molecule has 0 unspecified atom stereocenters. The molecule has 0 fully saturated rings. The average molecular weight is 366 g/mol. The molecule has 94 valence electrons. The normalized spacial score (nSPS) is 13.1. The highest BCUT2D eigenvalue weighted by Gasteiger charge is 2.17. The van der Waals surface area contributed by atoms with E-state index >= 15 is 0 Å². The van der Waals surface area contributed by atoms with E-state index in [0.29, 0.717) is 0 Å². The number of fused-ring (bicyclic) bond motifs is 1. The molecule has 0 radical (unpaired) electrons. The van der Waals surface area contributed by atoms with Crippen LogP contribution >= 0.6 is 22.6 Å². The number of benzene rings is 2. The Hall–Kier alpha value is -0.613. The molecule has 0 heterocycles. The molecule has 0 aromatic heterocycles. The second kappa shape index (κ2) is 5.17. The van der Waals surface area contributed by atoms with E-state index < -0.39 is 8.07 Å². The van der Waals surface area contributed by atoms with E-state index in [1.165, 1.54) is 25.1 Å². The molecule has 0 aliphatic rings. The van der Waals surface area contributed by atoms with Gasteiger partial charge in [0.25, 0.3) is 0 Å². The molecule has 0 saturated heterocycles. The number of halogens is 1. The first-order valence-corrected chi connectivity index (χ1v) is 10.8. The van der Waals surface area contributed by atoms with Crippen LogP contribution in [-0.2, 0) is 0 Å². The zero-order valence-electron chi connectivity index (χ0n) is 11.4. The van der Waals surface area contributed by atoms with Crippen molar-refractivity contribution in [1.82, 2.24) is 0 Å². The maximum absolute atomic E-state index is 2.52. The molecule has 0 spiro atoms. The van der Waals surface area contributed by atoms with Crippen LogP contribution in [0, 0.1) is 6.92 Å². The molecular weight excluding hydrogens is 347 g/mol. The lowest BCUT2D eigenvalue weighted by molar-refractivity contribution is 1.52. The van der Waals surface area contributed by atoms with Gasteiger partial charge in [0.1, 0.15) is 0 Å². The van der Waals surface area contributed by atoms with Crippen LogP contribution in [0.4, 0.5) is 0 Å². The molecule has 0 aliphatic heterocycles. The van der Waals surface area contributed by atoms with E-state index in [1.54, 1.807) is 0 Å². The van der Waals surface area contributed by atoms with Gasteiger partial charge < -0.3 is 0 Å². The van der Waals surface area contributed by atoms with Gasteiger partial charge in [-0.1, -0.05) is 78.6 Å².